The largest absolute Gasteiger partial charge is 0.323 e. The van der Waals surface area contributed by atoms with Gasteiger partial charge in [-0.3, -0.25) is 5.84 Å². The van der Waals surface area contributed by atoms with Crippen molar-refractivity contribution < 1.29 is 4.39 Å². The average Bonchev–Trinajstić information content (AvgIpc) is 2.48. The van der Waals surface area contributed by atoms with Crippen LogP contribution in [0, 0.1) is 12.7 Å². The van der Waals surface area contributed by atoms with Crippen molar-refractivity contribution in [3.8, 4) is 11.3 Å². The van der Waals surface area contributed by atoms with Gasteiger partial charge in [-0.25, -0.2) is 9.37 Å². The average molecular weight is 267 g/mol. The third-order valence-corrected chi connectivity index (χ3v) is 3.31. The minimum atomic E-state index is -0.266. The highest BCUT2D eigenvalue weighted by Crippen LogP contribution is 2.29. The van der Waals surface area contributed by atoms with Gasteiger partial charge in [0.2, 0.25) is 0 Å². The van der Waals surface area contributed by atoms with Gasteiger partial charge in [0.15, 0.2) is 0 Å². The maximum Gasteiger partial charge on any atom is 0.128 e. The number of aromatic nitrogens is 1. The van der Waals surface area contributed by atoms with Gasteiger partial charge < -0.3 is 5.43 Å². The van der Waals surface area contributed by atoms with E-state index < -0.39 is 0 Å². The van der Waals surface area contributed by atoms with Gasteiger partial charge in [0.05, 0.1) is 16.9 Å². The molecule has 0 saturated heterocycles. The second-order valence-corrected chi connectivity index (χ2v) is 4.68. The number of rotatable bonds is 2. The number of nitrogens with one attached hydrogen (secondary N) is 1. The molecule has 3 nitrogen and oxygen atoms in total. The zero-order chi connectivity index (χ0) is 14.1. The number of pyridine rings is 1. The molecule has 0 fully saturated rings. The molecule has 0 bridgehead atoms. The predicted molar refractivity (Wildman–Crippen MR) is 79.7 cm³/mol. The Labute approximate surface area is 116 Å². The lowest BCUT2D eigenvalue weighted by molar-refractivity contribution is 0.620. The van der Waals surface area contributed by atoms with Crippen LogP contribution in [0.25, 0.3) is 22.2 Å². The molecule has 3 N–H and O–H groups in total. The van der Waals surface area contributed by atoms with E-state index in [0.29, 0.717) is 11.1 Å². The Balaban J connectivity index is 2.29. The molecular weight excluding hydrogens is 253 g/mol. The van der Waals surface area contributed by atoms with Crippen LogP contribution in [0.2, 0.25) is 0 Å². The highest BCUT2D eigenvalue weighted by atomic mass is 19.1. The summed E-state index contributed by atoms with van der Waals surface area (Å²) in [4.78, 5) is 4.52. The van der Waals surface area contributed by atoms with Crippen LogP contribution in [0.5, 0.6) is 0 Å². The number of hydrogen-bond donors (Lipinski definition) is 2. The number of benzene rings is 2. The summed E-state index contributed by atoms with van der Waals surface area (Å²) < 4.78 is 13.7. The van der Waals surface area contributed by atoms with E-state index in [1.54, 1.807) is 13.0 Å². The molecule has 0 saturated carbocycles. The first-order chi connectivity index (χ1) is 9.69. The van der Waals surface area contributed by atoms with E-state index in [4.69, 9.17) is 5.84 Å². The predicted octanol–water partition coefficient (Wildman–Crippen LogP) is 3.63. The number of fused-ring (bicyclic) bond motifs is 1. The fraction of sp³-hybridized carbons (Fsp3) is 0.0625. The van der Waals surface area contributed by atoms with Crippen LogP contribution in [0.3, 0.4) is 0 Å². The van der Waals surface area contributed by atoms with Gasteiger partial charge in [-0.2, -0.15) is 0 Å². The molecule has 1 heterocycles. The summed E-state index contributed by atoms with van der Waals surface area (Å²) in [5.74, 6) is 5.31. The molecule has 0 atom stereocenters. The third-order valence-electron chi connectivity index (χ3n) is 3.31. The van der Waals surface area contributed by atoms with Crippen molar-refractivity contribution in [1.82, 2.24) is 4.98 Å². The number of anilines is 1. The summed E-state index contributed by atoms with van der Waals surface area (Å²) in [6.07, 6.45) is 0. The van der Waals surface area contributed by atoms with Crippen molar-refractivity contribution in [2.24, 2.45) is 5.84 Å². The van der Waals surface area contributed by atoms with Gasteiger partial charge >= 0.3 is 0 Å². The van der Waals surface area contributed by atoms with Gasteiger partial charge in [0.1, 0.15) is 5.82 Å². The van der Waals surface area contributed by atoms with Crippen LogP contribution >= 0.6 is 0 Å². The summed E-state index contributed by atoms with van der Waals surface area (Å²) in [6, 6.07) is 14.8. The first-order valence-electron chi connectivity index (χ1n) is 6.32. The fourth-order valence-corrected chi connectivity index (χ4v) is 2.23. The summed E-state index contributed by atoms with van der Waals surface area (Å²) >= 11 is 0. The zero-order valence-electron chi connectivity index (χ0n) is 11.0. The van der Waals surface area contributed by atoms with E-state index in [0.717, 1.165) is 22.3 Å². The second kappa shape index (κ2) is 4.90. The normalized spacial score (nSPS) is 10.8. The summed E-state index contributed by atoms with van der Waals surface area (Å²) in [5.41, 5.74) is 6.28. The lowest BCUT2D eigenvalue weighted by atomic mass is 10.1. The molecule has 0 amide bonds. The Morgan fingerprint density at radius 3 is 2.55 bits per heavy atom. The topological polar surface area (TPSA) is 50.9 Å². The molecule has 4 heteroatoms. The van der Waals surface area contributed by atoms with Crippen LogP contribution in [0.4, 0.5) is 10.1 Å². The van der Waals surface area contributed by atoms with Crippen molar-refractivity contribution in [2.45, 2.75) is 6.92 Å². The van der Waals surface area contributed by atoms with Crippen molar-refractivity contribution >= 4 is 16.6 Å². The van der Waals surface area contributed by atoms with Crippen molar-refractivity contribution in [2.75, 3.05) is 5.43 Å². The lowest BCUT2D eigenvalue weighted by Gasteiger charge is -2.10. The van der Waals surface area contributed by atoms with E-state index in [1.165, 1.54) is 6.07 Å². The Bertz CT molecular complexity index is 770. The SMILES string of the molecule is Cc1cc2c(NN)cc(-c3ccccc3)nc2cc1F. The number of halogens is 1. The number of nitrogens with zero attached hydrogens (tertiary/aromatic N) is 1. The smallest absolute Gasteiger partial charge is 0.128 e. The molecule has 20 heavy (non-hydrogen) atoms. The van der Waals surface area contributed by atoms with Crippen molar-refractivity contribution in [3.05, 3.63) is 59.9 Å². The van der Waals surface area contributed by atoms with E-state index in [1.807, 2.05) is 36.4 Å². The molecule has 0 aliphatic heterocycles. The molecule has 0 radical (unpaired) electrons. The molecule has 1 aromatic heterocycles. The molecule has 100 valence electrons. The molecule has 0 unspecified atom stereocenters. The van der Waals surface area contributed by atoms with E-state index in [2.05, 4.69) is 10.4 Å². The van der Waals surface area contributed by atoms with Crippen LogP contribution < -0.4 is 11.3 Å². The fourth-order valence-electron chi connectivity index (χ4n) is 2.23. The molecule has 3 aromatic rings. The van der Waals surface area contributed by atoms with E-state index >= 15 is 0 Å². The molecule has 0 aliphatic rings. The monoisotopic (exact) mass is 267 g/mol. The number of nitrogen functional groups attached to an aromatic ring is 1. The maximum absolute atomic E-state index is 13.7. The zero-order valence-corrected chi connectivity index (χ0v) is 11.0. The van der Waals surface area contributed by atoms with Gasteiger partial charge in [0.25, 0.3) is 0 Å². The van der Waals surface area contributed by atoms with Gasteiger partial charge in [-0.15, -0.1) is 0 Å². The second-order valence-electron chi connectivity index (χ2n) is 4.68. The van der Waals surface area contributed by atoms with Gasteiger partial charge in [-0.05, 0) is 24.6 Å². The van der Waals surface area contributed by atoms with Crippen LogP contribution in [0.15, 0.2) is 48.5 Å². The van der Waals surface area contributed by atoms with Gasteiger partial charge in [-0.1, -0.05) is 30.3 Å². The first kappa shape index (κ1) is 12.6. The van der Waals surface area contributed by atoms with Crippen LogP contribution in [-0.2, 0) is 0 Å². The summed E-state index contributed by atoms with van der Waals surface area (Å²) in [5, 5.41) is 0.811. The molecule has 0 spiro atoms. The van der Waals surface area contributed by atoms with E-state index in [9.17, 15) is 4.39 Å². The Kier molecular flexibility index (Phi) is 3.08. The third kappa shape index (κ3) is 2.10. The van der Waals surface area contributed by atoms with E-state index in [-0.39, 0.29) is 5.82 Å². The number of nitrogens with two attached hydrogens (primary N) is 1. The minimum absolute atomic E-state index is 0.266. The molecular formula is C16H14FN3. The maximum atomic E-state index is 13.7. The Morgan fingerprint density at radius 2 is 1.85 bits per heavy atom. The summed E-state index contributed by atoms with van der Waals surface area (Å²) in [7, 11) is 0. The number of hydrazine groups is 1. The Morgan fingerprint density at radius 1 is 1.10 bits per heavy atom. The highest BCUT2D eigenvalue weighted by Gasteiger charge is 2.09. The van der Waals surface area contributed by atoms with Gasteiger partial charge in [0, 0.05) is 17.0 Å². The van der Waals surface area contributed by atoms with Crippen LogP contribution in [-0.4, -0.2) is 4.98 Å². The lowest BCUT2D eigenvalue weighted by Crippen LogP contribution is -2.08. The number of hydrogen-bond acceptors (Lipinski definition) is 3. The number of aryl methyl sites for hydroxylation is 1. The Hall–Kier alpha value is -2.46. The quantitative estimate of drug-likeness (QED) is 0.550. The first-order valence-corrected chi connectivity index (χ1v) is 6.32. The van der Waals surface area contributed by atoms with Crippen molar-refractivity contribution in [3.63, 3.8) is 0 Å². The molecule has 3 rings (SSSR count). The standard InChI is InChI=1S/C16H14FN3/c1-10-7-12-15(8-13(10)17)19-14(9-16(12)20-18)11-5-3-2-4-6-11/h2-9H,18H2,1H3,(H,19,20). The highest BCUT2D eigenvalue weighted by molar-refractivity contribution is 5.94. The van der Waals surface area contributed by atoms with Crippen molar-refractivity contribution in [1.29, 1.82) is 0 Å². The molecule has 0 aliphatic carbocycles. The summed E-state index contributed by atoms with van der Waals surface area (Å²) in [6.45, 7) is 1.72. The minimum Gasteiger partial charge on any atom is -0.323 e. The van der Waals surface area contributed by atoms with Crippen LogP contribution in [0.1, 0.15) is 5.56 Å². The molecule has 2 aromatic carbocycles.